The first-order chi connectivity index (χ1) is 12.6. The summed E-state index contributed by atoms with van der Waals surface area (Å²) in [6.07, 6.45) is 5.51. The van der Waals surface area contributed by atoms with E-state index in [0.29, 0.717) is 24.6 Å². The first kappa shape index (κ1) is 17.8. The van der Waals surface area contributed by atoms with Crippen LogP contribution in [0.4, 0.5) is 0 Å². The fourth-order valence-electron chi connectivity index (χ4n) is 3.53. The van der Waals surface area contributed by atoms with Crippen LogP contribution in [0.2, 0.25) is 0 Å². The van der Waals surface area contributed by atoms with Crippen LogP contribution >= 0.6 is 0 Å². The number of hydrogen-bond acceptors (Lipinski definition) is 3. The molecule has 26 heavy (non-hydrogen) atoms. The van der Waals surface area contributed by atoms with E-state index in [4.69, 9.17) is 4.74 Å². The third kappa shape index (κ3) is 4.03. The highest BCUT2D eigenvalue weighted by Crippen LogP contribution is 2.29. The van der Waals surface area contributed by atoms with Gasteiger partial charge in [-0.3, -0.25) is 0 Å². The summed E-state index contributed by atoms with van der Waals surface area (Å²) in [5.74, 6) is 1.01. The molecule has 0 N–H and O–H groups in total. The van der Waals surface area contributed by atoms with E-state index in [9.17, 15) is 8.42 Å². The molecule has 1 aliphatic heterocycles. The summed E-state index contributed by atoms with van der Waals surface area (Å²) in [6.45, 7) is 3.36. The zero-order valence-electron chi connectivity index (χ0n) is 15.0. The molecule has 0 saturated heterocycles. The van der Waals surface area contributed by atoms with Crippen molar-refractivity contribution in [1.29, 1.82) is 0 Å². The van der Waals surface area contributed by atoms with E-state index in [1.54, 1.807) is 28.6 Å². The van der Waals surface area contributed by atoms with Crippen molar-refractivity contribution in [2.45, 2.75) is 37.2 Å². The van der Waals surface area contributed by atoms with Gasteiger partial charge in [0, 0.05) is 38.2 Å². The predicted molar refractivity (Wildman–Crippen MR) is 100 cm³/mol. The standard InChI is InChI=1S/C20H26N2O3S/c23-26(24,20-6-2-1-3-7-20)22-14-18(10-12-25-16-17-8-9-17)13-21-11-4-5-19(21)15-22/h1-7,11,17-18H,8-10,12-16H2/t18-/m0/s1. The van der Waals surface area contributed by atoms with Crippen molar-refractivity contribution < 1.29 is 13.2 Å². The molecule has 6 heteroatoms. The molecular weight excluding hydrogens is 348 g/mol. The Kier molecular flexibility index (Phi) is 5.16. The SMILES string of the molecule is O=S(=O)(c1ccccc1)N1Cc2cccn2C[C@H](CCOCC2CC2)C1. The second-order valence-electron chi connectivity index (χ2n) is 7.44. The molecule has 5 nitrogen and oxygen atoms in total. The van der Waals surface area contributed by atoms with Crippen LogP contribution < -0.4 is 0 Å². The van der Waals surface area contributed by atoms with Crippen LogP contribution in [0.1, 0.15) is 25.0 Å². The average molecular weight is 375 g/mol. The topological polar surface area (TPSA) is 51.5 Å². The smallest absolute Gasteiger partial charge is 0.243 e. The predicted octanol–water partition coefficient (Wildman–Crippen LogP) is 3.13. The first-order valence-electron chi connectivity index (χ1n) is 9.40. The monoisotopic (exact) mass is 374 g/mol. The van der Waals surface area contributed by atoms with E-state index in [1.807, 2.05) is 24.4 Å². The Bertz CT molecular complexity index is 828. The van der Waals surface area contributed by atoms with Crippen LogP contribution in [-0.4, -0.2) is 37.0 Å². The molecule has 1 saturated carbocycles. The van der Waals surface area contributed by atoms with Gasteiger partial charge in [0.15, 0.2) is 0 Å². The maximum absolute atomic E-state index is 13.1. The van der Waals surface area contributed by atoms with Crippen molar-refractivity contribution in [2.75, 3.05) is 19.8 Å². The summed E-state index contributed by atoms with van der Waals surface area (Å²) < 4.78 is 35.9. The lowest BCUT2D eigenvalue weighted by atomic mass is 10.1. The summed E-state index contributed by atoms with van der Waals surface area (Å²) in [5.41, 5.74) is 1.05. The van der Waals surface area contributed by atoms with Gasteiger partial charge in [0.1, 0.15) is 0 Å². The van der Waals surface area contributed by atoms with Gasteiger partial charge in [-0.05, 0) is 55.4 Å². The van der Waals surface area contributed by atoms with Gasteiger partial charge in [0.05, 0.1) is 11.4 Å². The van der Waals surface area contributed by atoms with Crippen molar-refractivity contribution in [3.8, 4) is 0 Å². The molecule has 0 unspecified atom stereocenters. The molecule has 4 rings (SSSR count). The molecule has 1 atom stereocenters. The van der Waals surface area contributed by atoms with Gasteiger partial charge >= 0.3 is 0 Å². The van der Waals surface area contributed by atoms with Crippen molar-refractivity contribution in [3.63, 3.8) is 0 Å². The Morgan fingerprint density at radius 1 is 1.00 bits per heavy atom. The zero-order valence-corrected chi connectivity index (χ0v) is 15.8. The molecule has 2 aromatic rings. The number of benzene rings is 1. The van der Waals surface area contributed by atoms with Crippen molar-refractivity contribution >= 4 is 10.0 Å². The normalized spacial score (nSPS) is 21.3. The Morgan fingerprint density at radius 2 is 1.81 bits per heavy atom. The van der Waals surface area contributed by atoms with Gasteiger partial charge in [0.2, 0.25) is 10.0 Å². The van der Waals surface area contributed by atoms with Crippen LogP contribution in [0.25, 0.3) is 0 Å². The molecule has 1 aromatic heterocycles. The Labute approximate surface area is 155 Å². The minimum Gasteiger partial charge on any atom is -0.381 e. The minimum atomic E-state index is -3.49. The fourth-order valence-corrected chi connectivity index (χ4v) is 5.04. The van der Waals surface area contributed by atoms with Crippen LogP contribution in [0, 0.1) is 11.8 Å². The van der Waals surface area contributed by atoms with Crippen LogP contribution in [0.15, 0.2) is 53.6 Å². The average Bonchev–Trinajstić information content (AvgIpc) is 3.41. The van der Waals surface area contributed by atoms with Gasteiger partial charge in [-0.15, -0.1) is 0 Å². The third-order valence-electron chi connectivity index (χ3n) is 5.28. The van der Waals surface area contributed by atoms with E-state index in [2.05, 4.69) is 4.57 Å². The van der Waals surface area contributed by atoms with E-state index in [-0.39, 0.29) is 5.92 Å². The number of ether oxygens (including phenoxy) is 1. The zero-order chi connectivity index (χ0) is 18.0. The lowest BCUT2D eigenvalue weighted by Crippen LogP contribution is -2.34. The van der Waals surface area contributed by atoms with Gasteiger partial charge < -0.3 is 9.30 Å². The summed E-state index contributed by atoms with van der Waals surface area (Å²) in [5, 5.41) is 0. The largest absolute Gasteiger partial charge is 0.381 e. The highest BCUT2D eigenvalue weighted by atomic mass is 32.2. The summed E-state index contributed by atoms with van der Waals surface area (Å²) in [4.78, 5) is 0.365. The quantitative estimate of drug-likeness (QED) is 0.700. The highest BCUT2D eigenvalue weighted by Gasteiger charge is 2.31. The van der Waals surface area contributed by atoms with Gasteiger partial charge in [0.25, 0.3) is 0 Å². The molecule has 140 valence electrons. The first-order valence-corrected chi connectivity index (χ1v) is 10.8. The maximum Gasteiger partial charge on any atom is 0.243 e. The second-order valence-corrected chi connectivity index (χ2v) is 9.37. The number of hydrogen-bond donors (Lipinski definition) is 0. The number of aromatic nitrogens is 1. The van der Waals surface area contributed by atoms with Crippen LogP contribution in [-0.2, 0) is 27.8 Å². The van der Waals surface area contributed by atoms with Crippen molar-refractivity contribution in [1.82, 2.24) is 8.87 Å². The fraction of sp³-hybridized carbons (Fsp3) is 0.500. The molecule has 2 aliphatic rings. The van der Waals surface area contributed by atoms with Crippen molar-refractivity contribution in [2.24, 2.45) is 11.8 Å². The third-order valence-corrected chi connectivity index (χ3v) is 7.11. The lowest BCUT2D eigenvalue weighted by Gasteiger charge is -2.23. The van der Waals surface area contributed by atoms with Crippen LogP contribution in [0.5, 0.6) is 0 Å². The Hall–Kier alpha value is -1.63. The van der Waals surface area contributed by atoms with Gasteiger partial charge in [-0.1, -0.05) is 18.2 Å². The van der Waals surface area contributed by atoms with E-state index < -0.39 is 10.0 Å². The molecule has 1 fully saturated rings. The number of sulfonamides is 1. The molecular formula is C20H26N2O3S. The Morgan fingerprint density at radius 3 is 2.58 bits per heavy atom. The van der Waals surface area contributed by atoms with Crippen molar-refractivity contribution in [3.05, 3.63) is 54.4 Å². The molecule has 0 amide bonds. The Balaban J connectivity index is 1.50. The summed E-state index contributed by atoms with van der Waals surface area (Å²) >= 11 is 0. The second kappa shape index (κ2) is 7.55. The molecule has 2 heterocycles. The molecule has 0 radical (unpaired) electrons. The maximum atomic E-state index is 13.1. The molecule has 1 aliphatic carbocycles. The molecule has 0 bridgehead atoms. The van der Waals surface area contributed by atoms with Crippen LogP contribution in [0.3, 0.4) is 0 Å². The highest BCUT2D eigenvalue weighted by molar-refractivity contribution is 7.89. The van der Waals surface area contributed by atoms with Gasteiger partial charge in [-0.2, -0.15) is 4.31 Å². The number of nitrogens with zero attached hydrogens (tertiary/aromatic N) is 2. The van der Waals surface area contributed by atoms with E-state index in [1.165, 1.54) is 12.8 Å². The number of rotatable bonds is 7. The molecule has 0 spiro atoms. The molecule has 1 aromatic carbocycles. The summed E-state index contributed by atoms with van der Waals surface area (Å²) in [7, 11) is -3.49. The lowest BCUT2D eigenvalue weighted by molar-refractivity contribution is 0.106. The number of fused-ring (bicyclic) bond motifs is 1. The van der Waals surface area contributed by atoms with Gasteiger partial charge in [-0.25, -0.2) is 8.42 Å². The van der Waals surface area contributed by atoms with E-state index in [0.717, 1.165) is 31.2 Å². The minimum absolute atomic E-state index is 0.251. The van der Waals surface area contributed by atoms with E-state index >= 15 is 0 Å². The summed E-state index contributed by atoms with van der Waals surface area (Å²) in [6, 6.07) is 12.7.